The maximum Gasteiger partial charge on any atom is 0.244 e. The number of imidazole rings is 1. The Morgan fingerprint density at radius 3 is 2.85 bits per heavy atom. The minimum absolute atomic E-state index is 0.253. The monoisotopic (exact) mass is 371 g/mol. The Balaban J connectivity index is 1.71. The molecule has 0 unspecified atom stereocenters. The lowest BCUT2D eigenvalue weighted by atomic mass is 10.2. The summed E-state index contributed by atoms with van der Waals surface area (Å²) in [4.78, 5) is 16.4. The van der Waals surface area contributed by atoms with Gasteiger partial charge in [-0.3, -0.25) is 9.20 Å². The van der Waals surface area contributed by atoms with Gasteiger partial charge in [0.2, 0.25) is 5.91 Å². The zero-order valence-electron chi connectivity index (χ0n) is 14.4. The van der Waals surface area contributed by atoms with Crippen molar-refractivity contribution in [2.75, 3.05) is 14.2 Å². The molecule has 26 heavy (non-hydrogen) atoms. The van der Waals surface area contributed by atoms with Gasteiger partial charge >= 0.3 is 0 Å². The minimum Gasteiger partial charge on any atom is -0.493 e. The first-order valence-electron chi connectivity index (χ1n) is 7.92. The van der Waals surface area contributed by atoms with Crippen molar-refractivity contribution < 1.29 is 14.3 Å². The van der Waals surface area contributed by atoms with E-state index in [1.165, 1.54) is 6.08 Å². The third-order valence-electron chi connectivity index (χ3n) is 3.85. The number of methoxy groups -OCH3 is 2. The van der Waals surface area contributed by atoms with Crippen LogP contribution in [0.15, 0.2) is 48.7 Å². The molecule has 0 spiro atoms. The zero-order valence-corrected chi connectivity index (χ0v) is 15.2. The number of halogens is 1. The topological polar surface area (TPSA) is 64.9 Å². The summed E-state index contributed by atoms with van der Waals surface area (Å²) in [5.74, 6) is 0.966. The van der Waals surface area contributed by atoms with Crippen molar-refractivity contribution in [3.8, 4) is 11.5 Å². The van der Waals surface area contributed by atoms with Crippen molar-refractivity contribution in [2.45, 2.75) is 6.54 Å². The summed E-state index contributed by atoms with van der Waals surface area (Å²) in [6.07, 6.45) is 4.91. The second kappa shape index (κ2) is 7.93. The van der Waals surface area contributed by atoms with Gasteiger partial charge in [0.1, 0.15) is 5.65 Å². The largest absolute Gasteiger partial charge is 0.493 e. The fraction of sp³-hybridized carbons (Fsp3) is 0.158. The van der Waals surface area contributed by atoms with Crippen LogP contribution in [0.4, 0.5) is 0 Å². The van der Waals surface area contributed by atoms with E-state index >= 15 is 0 Å². The van der Waals surface area contributed by atoms with Crippen LogP contribution < -0.4 is 14.8 Å². The van der Waals surface area contributed by atoms with E-state index in [2.05, 4.69) is 10.3 Å². The molecule has 2 heterocycles. The number of hydrogen-bond acceptors (Lipinski definition) is 4. The smallest absolute Gasteiger partial charge is 0.244 e. The van der Waals surface area contributed by atoms with Crippen LogP contribution in [0.25, 0.3) is 11.7 Å². The zero-order chi connectivity index (χ0) is 18.5. The van der Waals surface area contributed by atoms with Crippen molar-refractivity contribution in [3.63, 3.8) is 0 Å². The number of pyridine rings is 1. The summed E-state index contributed by atoms with van der Waals surface area (Å²) in [5, 5.41) is 3.16. The number of aromatic nitrogens is 2. The lowest BCUT2D eigenvalue weighted by Crippen LogP contribution is -2.20. The van der Waals surface area contributed by atoms with Gasteiger partial charge < -0.3 is 14.8 Å². The van der Waals surface area contributed by atoms with E-state index in [4.69, 9.17) is 21.1 Å². The first-order chi connectivity index (χ1) is 12.6. The van der Waals surface area contributed by atoms with Gasteiger partial charge in [0.15, 0.2) is 16.7 Å². The first kappa shape index (κ1) is 17.8. The van der Waals surface area contributed by atoms with E-state index in [0.29, 0.717) is 28.9 Å². The number of carbonyl (C=O) groups excluding carboxylic acids is 1. The Morgan fingerprint density at radius 2 is 2.08 bits per heavy atom. The molecule has 0 radical (unpaired) electrons. The lowest BCUT2D eigenvalue weighted by Gasteiger charge is -2.12. The Labute approximate surface area is 156 Å². The van der Waals surface area contributed by atoms with Gasteiger partial charge in [-0.2, -0.15) is 0 Å². The molecule has 7 heteroatoms. The van der Waals surface area contributed by atoms with Gasteiger partial charge in [-0.25, -0.2) is 4.98 Å². The average Bonchev–Trinajstić information content (AvgIpc) is 2.99. The summed E-state index contributed by atoms with van der Waals surface area (Å²) in [6, 6.07) is 11.1. The van der Waals surface area contributed by atoms with E-state index in [1.54, 1.807) is 26.4 Å². The number of rotatable bonds is 6. The van der Waals surface area contributed by atoms with E-state index in [-0.39, 0.29) is 5.91 Å². The normalized spacial score (nSPS) is 11.0. The summed E-state index contributed by atoms with van der Waals surface area (Å²) < 4.78 is 12.4. The third-order valence-corrected chi connectivity index (χ3v) is 4.13. The molecule has 1 N–H and O–H groups in total. The molecule has 0 atom stereocenters. The highest BCUT2D eigenvalue weighted by molar-refractivity contribution is 6.31. The molecule has 2 aromatic heterocycles. The van der Waals surface area contributed by atoms with Gasteiger partial charge in [-0.1, -0.05) is 29.8 Å². The number of nitrogens with one attached hydrogen (secondary N) is 1. The number of fused-ring (bicyclic) bond motifs is 1. The number of ether oxygens (including phenoxy) is 2. The van der Waals surface area contributed by atoms with Crippen molar-refractivity contribution in [2.24, 2.45) is 0 Å². The highest BCUT2D eigenvalue weighted by atomic mass is 35.5. The molecular formula is C19H18ClN3O3. The number of nitrogens with zero attached hydrogens (tertiary/aromatic N) is 2. The molecule has 134 valence electrons. The van der Waals surface area contributed by atoms with Crippen LogP contribution in [0.1, 0.15) is 11.3 Å². The van der Waals surface area contributed by atoms with Crippen LogP contribution in [0.5, 0.6) is 11.5 Å². The van der Waals surface area contributed by atoms with Gasteiger partial charge in [0.25, 0.3) is 0 Å². The molecule has 1 amide bonds. The Bertz CT molecular complexity index is 966. The molecule has 0 aliphatic rings. The summed E-state index contributed by atoms with van der Waals surface area (Å²) in [6.45, 7) is 0.310. The SMILES string of the molecule is COc1cccc(CNC(=O)/C=C/c2c(Cl)nc3ccccn23)c1OC. The highest BCUT2D eigenvalue weighted by Crippen LogP contribution is 2.30. The van der Waals surface area contributed by atoms with Gasteiger partial charge in [-0.05, 0) is 24.3 Å². The third kappa shape index (κ3) is 3.65. The molecule has 0 fully saturated rings. The maximum atomic E-state index is 12.2. The fourth-order valence-corrected chi connectivity index (χ4v) is 2.86. The summed E-state index contributed by atoms with van der Waals surface area (Å²) >= 11 is 6.15. The van der Waals surface area contributed by atoms with Crippen LogP contribution in [-0.2, 0) is 11.3 Å². The summed E-state index contributed by atoms with van der Waals surface area (Å²) in [7, 11) is 3.14. The Morgan fingerprint density at radius 1 is 1.23 bits per heavy atom. The first-order valence-corrected chi connectivity index (χ1v) is 8.30. The number of amides is 1. The maximum absolute atomic E-state index is 12.2. The van der Waals surface area contributed by atoms with Gasteiger partial charge in [0.05, 0.1) is 19.9 Å². The Kier molecular flexibility index (Phi) is 5.43. The van der Waals surface area contributed by atoms with Crippen LogP contribution in [0.3, 0.4) is 0 Å². The standard InChI is InChI=1S/C19H18ClN3O3/c1-25-15-7-5-6-13(18(15)26-2)12-21-17(24)10-9-14-19(20)22-16-8-3-4-11-23(14)16/h3-11H,12H2,1-2H3,(H,21,24)/b10-9+. The Hall–Kier alpha value is -2.99. The second-order valence-corrected chi connectivity index (χ2v) is 5.78. The van der Waals surface area contributed by atoms with Gasteiger partial charge in [-0.15, -0.1) is 0 Å². The highest BCUT2D eigenvalue weighted by Gasteiger charge is 2.10. The molecule has 6 nitrogen and oxygen atoms in total. The van der Waals surface area contributed by atoms with Crippen LogP contribution in [-0.4, -0.2) is 29.5 Å². The van der Waals surface area contributed by atoms with Gasteiger partial charge in [0, 0.05) is 24.4 Å². The van der Waals surface area contributed by atoms with E-state index < -0.39 is 0 Å². The molecule has 3 rings (SSSR count). The van der Waals surface area contributed by atoms with E-state index in [1.807, 2.05) is 40.9 Å². The molecule has 0 bridgehead atoms. The second-order valence-electron chi connectivity index (χ2n) is 5.42. The van der Waals surface area contributed by atoms with Crippen molar-refractivity contribution in [1.82, 2.24) is 14.7 Å². The molecule has 0 aliphatic carbocycles. The molecule has 1 aromatic carbocycles. The number of para-hydroxylation sites is 1. The fourth-order valence-electron chi connectivity index (χ4n) is 2.62. The molecule has 3 aromatic rings. The number of hydrogen-bond donors (Lipinski definition) is 1. The number of benzene rings is 1. The number of carbonyl (C=O) groups is 1. The van der Waals surface area contributed by atoms with Crippen molar-refractivity contribution >= 4 is 29.2 Å². The van der Waals surface area contributed by atoms with E-state index in [9.17, 15) is 4.79 Å². The molecule has 0 aliphatic heterocycles. The molecular weight excluding hydrogens is 354 g/mol. The van der Waals surface area contributed by atoms with E-state index in [0.717, 1.165) is 11.2 Å². The van der Waals surface area contributed by atoms with Crippen molar-refractivity contribution in [3.05, 3.63) is 65.1 Å². The van der Waals surface area contributed by atoms with Crippen LogP contribution in [0, 0.1) is 0 Å². The predicted octanol–water partition coefficient (Wildman–Crippen LogP) is 3.33. The molecule has 0 saturated heterocycles. The minimum atomic E-state index is -0.253. The average molecular weight is 372 g/mol. The predicted molar refractivity (Wildman–Crippen MR) is 101 cm³/mol. The lowest BCUT2D eigenvalue weighted by molar-refractivity contribution is -0.116. The van der Waals surface area contributed by atoms with Crippen LogP contribution >= 0.6 is 11.6 Å². The van der Waals surface area contributed by atoms with Crippen LogP contribution in [0.2, 0.25) is 5.15 Å². The molecule has 0 saturated carbocycles. The quantitative estimate of drug-likeness (QED) is 0.675. The summed E-state index contributed by atoms with van der Waals surface area (Å²) in [5.41, 5.74) is 2.19. The van der Waals surface area contributed by atoms with Crippen molar-refractivity contribution in [1.29, 1.82) is 0 Å².